The minimum absolute atomic E-state index is 0.0274. The first-order chi connectivity index (χ1) is 10.5. The SMILES string of the molecule is O=C1c2ccccc2C(=O)N1CCCS(=O)(=O)N1CCCC1. The van der Waals surface area contributed by atoms with Crippen LogP contribution in [0.4, 0.5) is 0 Å². The normalized spacial score (nSPS) is 19.0. The molecule has 0 radical (unpaired) electrons. The van der Waals surface area contributed by atoms with E-state index >= 15 is 0 Å². The van der Waals surface area contributed by atoms with Gasteiger partial charge in [-0.05, 0) is 31.4 Å². The Bertz CT molecular complexity index is 673. The minimum atomic E-state index is -3.27. The number of fused-ring (bicyclic) bond motifs is 1. The van der Waals surface area contributed by atoms with Gasteiger partial charge in [-0.1, -0.05) is 12.1 Å². The van der Waals surface area contributed by atoms with Crippen LogP contribution in [0.15, 0.2) is 24.3 Å². The molecule has 0 N–H and O–H groups in total. The van der Waals surface area contributed by atoms with Crippen molar-refractivity contribution in [3.05, 3.63) is 35.4 Å². The zero-order valence-electron chi connectivity index (χ0n) is 12.2. The van der Waals surface area contributed by atoms with Crippen LogP contribution in [0.3, 0.4) is 0 Å². The van der Waals surface area contributed by atoms with Gasteiger partial charge in [0.05, 0.1) is 16.9 Å². The number of rotatable bonds is 5. The van der Waals surface area contributed by atoms with Crippen LogP contribution in [0.5, 0.6) is 0 Å². The van der Waals surface area contributed by atoms with Gasteiger partial charge < -0.3 is 0 Å². The molecule has 2 aliphatic heterocycles. The summed E-state index contributed by atoms with van der Waals surface area (Å²) in [6.07, 6.45) is 2.07. The van der Waals surface area contributed by atoms with E-state index in [0.29, 0.717) is 24.2 Å². The molecule has 0 bridgehead atoms. The first-order valence-corrected chi connectivity index (χ1v) is 9.05. The van der Waals surface area contributed by atoms with E-state index in [9.17, 15) is 18.0 Å². The van der Waals surface area contributed by atoms with Gasteiger partial charge in [0.2, 0.25) is 10.0 Å². The van der Waals surface area contributed by atoms with E-state index in [4.69, 9.17) is 0 Å². The van der Waals surface area contributed by atoms with Crippen molar-refractivity contribution in [1.29, 1.82) is 0 Å². The summed E-state index contributed by atoms with van der Waals surface area (Å²) in [7, 11) is -3.27. The van der Waals surface area contributed by atoms with Gasteiger partial charge in [0, 0.05) is 19.6 Å². The smallest absolute Gasteiger partial charge is 0.261 e. The number of carbonyl (C=O) groups is 2. The maximum Gasteiger partial charge on any atom is 0.261 e. The monoisotopic (exact) mass is 322 g/mol. The van der Waals surface area contributed by atoms with Crippen molar-refractivity contribution in [3.8, 4) is 0 Å². The highest BCUT2D eigenvalue weighted by molar-refractivity contribution is 7.89. The predicted octanol–water partition coefficient (Wildman–Crippen LogP) is 1.10. The van der Waals surface area contributed by atoms with Crippen LogP contribution in [-0.2, 0) is 10.0 Å². The molecule has 118 valence electrons. The standard InChI is InChI=1S/C15H18N2O4S/c18-14-12-6-1-2-7-13(12)15(19)17(14)10-5-11-22(20,21)16-8-3-4-9-16/h1-2,6-7H,3-5,8-11H2. The molecule has 2 amide bonds. The Balaban J connectivity index is 1.61. The van der Waals surface area contributed by atoms with Crippen LogP contribution in [0.1, 0.15) is 40.0 Å². The second kappa shape index (κ2) is 5.81. The van der Waals surface area contributed by atoms with Gasteiger partial charge in [0.25, 0.3) is 11.8 Å². The number of sulfonamides is 1. The summed E-state index contributed by atoms with van der Waals surface area (Å²) in [5, 5.41) is 0. The van der Waals surface area contributed by atoms with Crippen LogP contribution in [-0.4, -0.2) is 54.8 Å². The Kier molecular flexibility index (Phi) is 4.01. The quantitative estimate of drug-likeness (QED) is 0.761. The molecule has 1 aromatic rings. The Morgan fingerprint density at radius 1 is 0.955 bits per heavy atom. The van der Waals surface area contributed by atoms with Crippen molar-refractivity contribution in [2.75, 3.05) is 25.4 Å². The third kappa shape index (κ3) is 2.66. The van der Waals surface area contributed by atoms with Gasteiger partial charge in [-0.15, -0.1) is 0 Å². The van der Waals surface area contributed by atoms with E-state index in [1.54, 1.807) is 24.3 Å². The van der Waals surface area contributed by atoms with Gasteiger partial charge in [-0.2, -0.15) is 0 Å². The summed E-state index contributed by atoms with van der Waals surface area (Å²) in [5.41, 5.74) is 0.796. The summed E-state index contributed by atoms with van der Waals surface area (Å²) in [6, 6.07) is 6.67. The van der Waals surface area contributed by atoms with Gasteiger partial charge in [0.15, 0.2) is 0 Å². The number of benzene rings is 1. The number of imide groups is 1. The molecule has 7 heteroatoms. The Labute approximate surface area is 129 Å². The van der Waals surface area contributed by atoms with Gasteiger partial charge >= 0.3 is 0 Å². The Morgan fingerprint density at radius 2 is 1.50 bits per heavy atom. The lowest BCUT2D eigenvalue weighted by atomic mass is 10.1. The third-order valence-corrected chi connectivity index (χ3v) is 6.08. The van der Waals surface area contributed by atoms with Crippen LogP contribution in [0, 0.1) is 0 Å². The number of hydrogen-bond donors (Lipinski definition) is 0. The second-order valence-corrected chi connectivity index (χ2v) is 7.67. The van der Waals surface area contributed by atoms with Crippen molar-refractivity contribution in [2.45, 2.75) is 19.3 Å². The lowest BCUT2D eigenvalue weighted by Gasteiger charge is -2.17. The molecule has 1 fully saturated rings. The minimum Gasteiger partial charge on any atom is -0.274 e. The van der Waals surface area contributed by atoms with E-state index in [0.717, 1.165) is 17.7 Å². The van der Waals surface area contributed by atoms with Crippen LogP contribution in [0.2, 0.25) is 0 Å². The number of nitrogens with zero attached hydrogens (tertiary/aromatic N) is 2. The molecule has 1 aromatic carbocycles. The molecule has 22 heavy (non-hydrogen) atoms. The molecule has 2 heterocycles. The first kappa shape index (κ1) is 15.2. The Morgan fingerprint density at radius 3 is 2.05 bits per heavy atom. The van der Waals surface area contributed by atoms with Crippen molar-refractivity contribution >= 4 is 21.8 Å². The molecule has 0 aliphatic carbocycles. The summed E-state index contributed by atoms with van der Waals surface area (Å²) < 4.78 is 25.7. The fraction of sp³-hybridized carbons (Fsp3) is 0.467. The van der Waals surface area contributed by atoms with Gasteiger partial charge in [-0.3, -0.25) is 14.5 Å². The second-order valence-electron chi connectivity index (χ2n) is 5.58. The molecule has 0 unspecified atom stereocenters. The van der Waals surface area contributed by atoms with Crippen molar-refractivity contribution in [2.24, 2.45) is 0 Å². The maximum atomic E-state index is 12.2. The summed E-state index contributed by atoms with van der Waals surface area (Å²) >= 11 is 0. The van der Waals surface area contributed by atoms with Gasteiger partial charge in [0.1, 0.15) is 0 Å². The van der Waals surface area contributed by atoms with Gasteiger partial charge in [-0.25, -0.2) is 12.7 Å². The van der Waals surface area contributed by atoms with E-state index < -0.39 is 10.0 Å². The number of carbonyl (C=O) groups excluding carboxylic acids is 2. The highest BCUT2D eigenvalue weighted by atomic mass is 32.2. The van der Waals surface area contributed by atoms with E-state index in [2.05, 4.69) is 0 Å². The molecule has 1 saturated heterocycles. The predicted molar refractivity (Wildman–Crippen MR) is 81.0 cm³/mol. The zero-order chi connectivity index (χ0) is 15.7. The van der Waals surface area contributed by atoms with Crippen LogP contribution < -0.4 is 0 Å². The molecule has 3 rings (SSSR count). The van der Waals surface area contributed by atoms with E-state index in [1.165, 1.54) is 4.31 Å². The third-order valence-electron chi connectivity index (χ3n) is 4.12. The van der Waals surface area contributed by atoms with Crippen LogP contribution in [0.25, 0.3) is 0 Å². The summed E-state index contributed by atoms with van der Waals surface area (Å²) in [5.74, 6) is -0.696. The van der Waals surface area contributed by atoms with Crippen molar-refractivity contribution < 1.29 is 18.0 Å². The van der Waals surface area contributed by atoms with E-state index in [-0.39, 0.29) is 30.5 Å². The first-order valence-electron chi connectivity index (χ1n) is 7.44. The lowest BCUT2D eigenvalue weighted by Crippen LogP contribution is -2.34. The highest BCUT2D eigenvalue weighted by Gasteiger charge is 2.35. The molecule has 0 spiro atoms. The lowest BCUT2D eigenvalue weighted by molar-refractivity contribution is 0.0654. The van der Waals surface area contributed by atoms with Crippen molar-refractivity contribution in [1.82, 2.24) is 9.21 Å². The fourth-order valence-corrected chi connectivity index (χ4v) is 4.51. The fourth-order valence-electron chi connectivity index (χ4n) is 2.94. The molecule has 0 saturated carbocycles. The van der Waals surface area contributed by atoms with Crippen LogP contribution >= 0.6 is 0 Å². The Hall–Kier alpha value is -1.73. The average Bonchev–Trinajstić information content (AvgIpc) is 3.12. The number of hydrogen-bond acceptors (Lipinski definition) is 4. The zero-order valence-corrected chi connectivity index (χ0v) is 13.0. The topological polar surface area (TPSA) is 74.8 Å². The molecule has 2 aliphatic rings. The summed E-state index contributed by atoms with van der Waals surface area (Å²) in [4.78, 5) is 25.5. The molecule has 6 nitrogen and oxygen atoms in total. The van der Waals surface area contributed by atoms with E-state index in [1.807, 2.05) is 0 Å². The molecular weight excluding hydrogens is 304 g/mol. The summed E-state index contributed by atoms with van der Waals surface area (Å²) in [6.45, 7) is 1.30. The number of amides is 2. The molecular formula is C15H18N2O4S. The molecule has 0 atom stereocenters. The average molecular weight is 322 g/mol. The molecule has 0 aromatic heterocycles. The maximum absolute atomic E-state index is 12.2. The largest absolute Gasteiger partial charge is 0.274 e. The van der Waals surface area contributed by atoms with Crippen molar-refractivity contribution in [3.63, 3.8) is 0 Å². The highest BCUT2D eigenvalue weighted by Crippen LogP contribution is 2.22.